The van der Waals surface area contributed by atoms with Gasteiger partial charge in [-0.15, -0.1) is 0 Å². The van der Waals surface area contributed by atoms with Gasteiger partial charge in [-0.25, -0.2) is 52.6 Å². The summed E-state index contributed by atoms with van der Waals surface area (Å²) >= 11 is 0. The van der Waals surface area contributed by atoms with E-state index in [9.17, 15) is 97.2 Å². The highest BCUT2D eigenvalue weighted by Gasteiger charge is 2.73. The van der Waals surface area contributed by atoms with Crippen LogP contribution in [0.5, 0.6) is 0 Å². The van der Waals surface area contributed by atoms with Crippen molar-refractivity contribution in [3.05, 3.63) is 0 Å². The molecular weight excluding hydrogens is 1920 g/mol. The van der Waals surface area contributed by atoms with Crippen LogP contribution in [0.4, 0.5) is 14.4 Å². The van der Waals surface area contributed by atoms with Gasteiger partial charge in [0.05, 0.1) is 51.5 Å². The molecule has 4 saturated heterocycles. The molecule has 10 saturated carbocycles. The van der Waals surface area contributed by atoms with Crippen molar-refractivity contribution in [1.29, 1.82) is 0 Å². The number of carbonyl (C=O) groups excluding carboxylic acids is 15. The molecule has 42 heteroatoms. The lowest BCUT2D eigenvalue weighted by atomic mass is 9.78. The molecule has 15 amide bonds. The Labute approximate surface area is 860 Å². The van der Waals surface area contributed by atoms with Gasteiger partial charge in [0, 0.05) is 79.5 Å². The quantitative estimate of drug-likeness (QED) is 0.0286. The predicted octanol–water partition coefficient (Wildman–Crippen LogP) is 6.65. The van der Waals surface area contributed by atoms with Crippen LogP contribution in [0.15, 0.2) is 0 Å². The van der Waals surface area contributed by atoms with E-state index in [1.807, 2.05) is 76.2 Å². The number of nitrogens with zero attached hydrogens (tertiary/aromatic N) is 6. The number of rotatable bonds is 39. The molecule has 39 nitrogen and oxygen atoms in total. The number of hydrogen-bond donors (Lipinski definition) is 12. The average molecular weight is 2090 g/mol. The number of Topliss-reactive ketones (excluding diaryl/α,β-unsaturated/α-hetero) is 3. The molecule has 0 aromatic heterocycles. The first kappa shape index (κ1) is 115. The van der Waals surface area contributed by atoms with Gasteiger partial charge in [-0.05, 0) is 183 Å². The number of hydrogen-bond acceptors (Lipinski definition) is 21. The summed E-state index contributed by atoms with van der Waals surface area (Å²) in [7, 11) is -3.38. The second-order valence-corrected chi connectivity index (χ2v) is 57.0. The highest BCUT2D eigenvalue weighted by molar-refractivity contribution is 7.90. The second-order valence-electron chi connectivity index (χ2n) is 50.5. The molecule has 14 aliphatic rings. The van der Waals surface area contributed by atoms with E-state index in [1.54, 1.807) is 11.9 Å². The zero-order chi connectivity index (χ0) is 107. The van der Waals surface area contributed by atoms with Crippen molar-refractivity contribution in [1.82, 2.24) is 91.4 Å². The van der Waals surface area contributed by atoms with Gasteiger partial charge in [0.2, 0.25) is 82.9 Å². The number of nitrogens with one attached hydrogen (secondary N) is 12. The first-order valence-electron chi connectivity index (χ1n) is 53.7. The van der Waals surface area contributed by atoms with Crippen molar-refractivity contribution < 1.29 is 97.2 Å². The zero-order valence-electron chi connectivity index (χ0n) is 90.2. The molecule has 0 aromatic rings. The molecular formula is C103H172N18O21S3. The van der Waals surface area contributed by atoms with E-state index in [4.69, 9.17) is 0 Å². The van der Waals surface area contributed by atoms with E-state index in [0.29, 0.717) is 109 Å². The van der Waals surface area contributed by atoms with Gasteiger partial charge < -0.3 is 78.5 Å². The molecule has 818 valence electrons. The Bertz CT molecular complexity index is 5210. The highest BCUT2D eigenvalue weighted by Crippen LogP contribution is 2.67. The number of carbonyl (C=O) groups is 15. The van der Waals surface area contributed by atoms with Crippen molar-refractivity contribution in [2.75, 3.05) is 72.9 Å². The molecule has 0 spiro atoms. The van der Waals surface area contributed by atoms with Crippen molar-refractivity contribution >= 4 is 119 Å². The summed E-state index contributed by atoms with van der Waals surface area (Å²) in [5.41, 5.74) is -5.71. The van der Waals surface area contributed by atoms with Crippen LogP contribution >= 0.6 is 0 Å². The fourth-order valence-electron chi connectivity index (χ4n) is 24.2. The van der Waals surface area contributed by atoms with E-state index < -0.39 is 211 Å². The maximum Gasteiger partial charge on any atom is 0.315 e. The summed E-state index contributed by atoms with van der Waals surface area (Å²) in [4.78, 5) is 209. The van der Waals surface area contributed by atoms with Crippen LogP contribution in [0.2, 0.25) is 0 Å². The third kappa shape index (κ3) is 27.0. The fraction of sp³-hybridized carbons (Fsp3) is 0.854. The van der Waals surface area contributed by atoms with Gasteiger partial charge in [0.1, 0.15) is 36.3 Å². The Balaban J connectivity index is 0.000000194. The molecule has 0 bridgehead atoms. The summed E-state index contributed by atoms with van der Waals surface area (Å²) in [5.74, 6) is -6.87. The van der Waals surface area contributed by atoms with Gasteiger partial charge in [0.25, 0.3) is 17.7 Å². The maximum atomic E-state index is 14.5. The number of likely N-dealkylation sites (tertiary alicyclic amines) is 3. The van der Waals surface area contributed by atoms with E-state index in [2.05, 4.69) is 105 Å². The Morgan fingerprint density at radius 3 is 0.972 bits per heavy atom. The number of piperidine rings is 3. The average Bonchev–Trinajstić information content (AvgIpc) is 1.53. The van der Waals surface area contributed by atoms with Crippen LogP contribution in [-0.4, -0.2) is 309 Å². The smallest absolute Gasteiger partial charge is 0.315 e. The molecule has 14 rings (SSSR count). The van der Waals surface area contributed by atoms with Crippen LogP contribution in [0.1, 0.15) is 317 Å². The van der Waals surface area contributed by atoms with Gasteiger partial charge >= 0.3 is 18.1 Å². The summed E-state index contributed by atoms with van der Waals surface area (Å²) < 4.78 is 82.0. The summed E-state index contributed by atoms with van der Waals surface area (Å²) in [6, 6.07) is -10.5. The second kappa shape index (κ2) is 44.4. The van der Waals surface area contributed by atoms with E-state index in [0.717, 1.165) is 126 Å². The molecule has 10 aliphatic carbocycles. The lowest BCUT2D eigenvalue weighted by Gasteiger charge is -2.43. The third-order valence-corrected chi connectivity index (χ3v) is 40.9. The molecule has 12 N–H and O–H groups in total. The molecule has 0 radical (unpaired) electrons. The van der Waals surface area contributed by atoms with Crippen molar-refractivity contribution in [2.24, 2.45) is 73.9 Å². The zero-order valence-corrected chi connectivity index (χ0v) is 92.6. The van der Waals surface area contributed by atoms with Crippen LogP contribution in [0, 0.1) is 73.9 Å². The topological polar surface area (TPSA) is 522 Å². The predicted molar refractivity (Wildman–Crippen MR) is 547 cm³/mol. The van der Waals surface area contributed by atoms with Crippen molar-refractivity contribution in [3.8, 4) is 0 Å². The van der Waals surface area contributed by atoms with Crippen molar-refractivity contribution in [3.63, 3.8) is 0 Å². The van der Waals surface area contributed by atoms with E-state index in [-0.39, 0.29) is 81.4 Å². The standard InChI is InChI=1S/C35H58N6O7S.C34H56N6O7S.C34H58N6O7S/c1-33(2,3)28(38-32(46)39-35(17-9-8-10-18-35)20-49(47,48)40(6)7)31(45)41-19-23-25(34(23,4)5)26(41)29(43)37-24(16-13-21-11-12-21)27(42)30(44)36-22-14-15-22;1-8-12-22(26(41)29(43)35-20-13-14-20)36-28(42)25-24-21(33(24,5)6)19-40(25)30(44)27(32(2,3)4)37-31(45)38-34(16-10-9-11-17-34)23-15-18-39(7)48(23,46)47;1-9-10-14-23(26(41)29(43)35-21-15-16-21)36-28(42)25-24-22(33(24,5)6)19-40(25)30(44)27(32(2,3)4)37-31(45)38-34(17-12-11-13-18-34)20-48(46,47)39(7)8/h21-26,28H,8-20H2,1-7H3,(H,36,44)(H,37,43)(H2,38,39,46);20-25,27H,8-19H2,1-7H3,(H,35,43)(H,36,42)(H2,37,38,45);21-25,27H,9-20H2,1-8H3,(H,35,43)(H,36,42)(H2,37,38,45)/t23-,24-,25-,26-,28+;21-,22-,23+,24-,25-,27+;22-,23-,24-,25-,27+/m000/s1. The van der Waals surface area contributed by atoms with Gasteiger partial charge in [-0.1, -0.05) is 208 Å². The largest absolute Gasteiger partial charge is 0.347 e. The normalized spacial score (nSPS) is 27.6. The first-order chi connectivity index (χ1) is 67.3. The Hall–Kier alpha value is -8.22. The van der Waals surface area contributed by atoms with Crippen molar-refractivity contribution in [2.45, 2.75) is 411 Å². The summed E-state index contributed by atoms with van der Waals surface area (Å²) in [6.45, 7) is 34.1. The Kier molecular flexibility index (Phi) is 35.3. The lowest BCUT2D eigenvalue weighted by molar-refractivity contribution is -0.145. The molecule has 0 unspecified atom stereocenters. The number of urea groups is 3. The maximum absolute atomic E-state index is 14.5. The molecule has 4 heterocycles. The summed E-state index contributed by atoms with van der Waals surface area (Å²) in [6.07, 6.45) is 21.9. The monoisotopic (exact) mass is 2090 g/mol. The first-order valence-corrected chi connectivity index (χ1v) is 58.4. The van der Waals surface area contributed by atoms with Crippen LogP contribution in [0.25, 0.3) is 0 Å². The molecule has 0 aromatic carbocycles. The van der Waals surface area contributed by atoms with E-state index in [1.165, 1.54) is 46.6 Å². The highest BCUT2D eigenvalue weighted by atomic mass is 32.2. The third-order valence-electron chi connectivity index (χ3n) is 34.4. The van der Waals surface area contributed by atoms with Crippen LogP contribution < -0.4 is 63.8 Å². The number of unbranched alkanes of at least 4 members (excludes halogenated alkanes) is 1. The number of fused-ring (bicyclic) bond motifs is 3. The molecule has 14 fully saturated rings. The van der Waals surface area contributed by atoms with Gasteiger partial charge in [0.15, 0.2) is 0 Å². The minimum atomic E-state index is -3.63. The minimum absolute atomic E-state index is 0.00403. The SMILES string of the molecule is CCCC[C@H](NC(=O)[C@@H]1[C@@H]2[C@H](CN1C(=O)[C@@H](NC(=O)NC1(CS(=O)(=O)N(C)C)CCCCC1)C(C)(C)C)C2(C)C)C(=O)C(=O)NC1CC1.CCC[C@H](NC(=O)[C@@H]1[C@@H]2[C@H](CN1C(=O)[C@@H](NC(=O)NC1([C@H]3CCN(C)S3(=O)=O)CCCCC1)C(C)(C)C)C2(C)C)C(=O)C(=O)NC1CC1.CN(C)S(=O)(=O)CC1(NC(=O)N[C@H](C(=O)N2C[C@H]3[C@@H]([C@H]2C(=O)N[C@@H](CCC2CC2)C(=O)C(=O)NC2CC2)C3(C)C)C(C)(C)C)CCCCC1. The van der Waals surface area contributed by atoms with Crippen LogP contribution in [0.3, 0.4) is 0 Å². The molecule has 4 aliphatic heterocycles. The van der Waals surface area contributed by atoms with E-state index >= 15 is 0 Å². The Morgan fingerprint density at radius 2 is 0.697 bits per heavy atom. The molecule has 16 atom stereocenters. The Morgan fingerprint density at radius 1 is 0.393 bits per heavy atom. The minimum Gasteiger partial charge on any atom is -0.347 e. The number of sulfonamides is 3. The molecule has 145 heavy (non-hydrogen) atoms. The van der Waals surface area contributed by atoms with Gasteiger partial charge in [-0.3, -0.25) is 57.5 Å². The summed E-state index contributed by atoms with van der Waals surface area (Å²) in [5, 5.41) is 33.7. The van der Waals surface area contributed by atoms with Crippen LogP contribution in [-0.2, 0) is 87.6 Å². The van der Waals surface area contributed by atoms with Gasteiger partial charge in [-0.2, -0.15) is 0 Å². The number of ketones is 3. The lowest BCUT2D eigenvalue weighted by Crippen LogP contribution is -2.65. The number of amides is 15. The fourth-order valence-corrected chi connectivity index (χ4v) is 28.9.